The Kier molecular flexibility index (Phi) is 4.12. The van der Waals surface area contributed by atoms with E-state index in [1.54, 1.807) is 18.9 Å². The van der Waals surface area contributed by atoms with Gasteiger partial charge in [0.05, 0.1) is 19.3 Å². The minimum absolute atomic E-state index is 0.539. The summed E-state index contributed by atoms with van der Waals surface area (Å²) in [5.41, 5.74) is 0.964. The van der Waals surface area contributed by atoms with Crippen molar-refractivity contribution in [1.82, 2.24) is 0 Å². The van der Waals surface area contributed by atoms with Crippen LogP contribution < -0.4 is 10.1 Å². The van der Waals surface area contributed by atoms with Gasteiger partial charge in [0.15, 0.2) is 5.17 Å². The normalized spacial score (nSPS) is 19.4. The Labute approximate surface area is 108 Å². The number of nitrogens with zero attached hydrogens (tertiary/aromatic N) is 1. The van der Waals surface area contributed by atoms with E-state index in [4.69, 9.17) is 4.74 Å². The lowest BCUT2D eigenvalue weighted by molar-refractivity contribution is 0.417. The van der Waals surface area contributed by atoms with Crippen molar-refractivity contribution in [3.63, 3.8) is 0 Å². The highest BCUT2D eigenvalue weighted by Gasteiger charge is 2.18. The molecular weight excluding hydrogens is 288 g/mol. The Morgan fingerprint density at radius 1 is 1.56 bits per heavy atom. The van der Waals surface area contributed by atoms with Gasteiger partial charge in [-0.1, -0.05) is 39.8 Å². The summed E-state index contributed by atoms with van der Waals surface area (Å²) in [5.74, 6) is 0.841. The highest BCUT2D eigenvalue weighted by molar-refractivity contribution is 9.09. The van der Waals surface area contributed by atoms with Crippen molar-refractivity contribution < 1.29 is 4.74 Å². The summed E-state index contributed by atoms with van der Waals surface area (Å²) in [4.78, 5) is 4.44. The zero-order valence-corrected chi connectivity index (χ0v) is 11.3. The minimum atomic E-state index is 0.539. The molecule has 0 amide bonds. The Hall–Kier alpha value is -0.680. The molecule has 5 heteroatoms. The number of amidine groups is 1. The Morgan fingerprint density at radius 3 is 3.06 bits per heavy atom. The maximum absolute atomic E-state index is 5.27. The first-order valence-corrected chi connectivity index (χ1v) is 7.00. The summed E-state index contributed by atoms with van der Waals surface area (Å²) in [5, 5.41) is 5.77. The van der Waals surface area contributed by atoms with Crippen molar-refractivity contribution in [3.05, 3.63) is 24.3 Å². The molecule has 1 aliphatic heterocycles. The van der Waals surface area contributed by atoms with Crippen LogP contribution in [-0.2, 0) is 0 Å². The van der Waals surface area contributed by atoms with Gasteiger partial charge in [-0.2, -0.15) is 0 Å². The first kappa shape index (κ1) is 11.8. The number of alkyl halides is 1. The molecule has 0 fully saturated rings. The first-order valence-electron chi connectivity index (χ1n) is 5.00. The molecule has 3 nitrogen and oxygen atoms in total. The third-order valence-electron chi connectivity index (χ3n) is 2.24. The molecule has 0 saturated carbocycles. The number of aliphatic imine (C=N–C) groups is 1. The van der Waals surface area contributed by atoms with Crippen LogP contribution in [-0.4, -0.2) is 29.4 Å². The quantitative estimate of drug-likeness (QED) is 0.872. The van der Waals surface area contributed by atoms with Crippen LogP contribution in [0.15, 0.2) is 29.3 Å². The lowest BCUT2D eigenvalue weighted by atomic mass is 10.3. The van der Waals surface area contributed by atoms with E-state index in [0.29, 0.717) is 5.25 Å². The summed E-state index contributed by atoms with van der Waals surface area (Å²) in [6.45, 7) is 0.868. The molecule has 16 heavy (non-hydrogen) atoms. The highest BCUT2D eigenvalue weighted by Crippen LogP contribution is 2.28. The second-order valence-electron chi connectivity index (χ2n) is 3.37. The maximum Gasteiger partial charge on any atom is 0.161 e. The van der Waals surface area contributed by atoms with E-state index in [-0.39, 0.29) is 0 Å². The van der Waals surface area contributed by atoms with E-state index in [9.17, 15) is 0 Å². The van der Waals surface area contributed by atoms with E-state index in [2.05, 4.69) is 26.2 Å². The molecule has 1 atom stereocenters. The Balaban J connectivity index is 2.04. The lowest BCUT2D eigenvalue weighted by Crippen LogP contribution is -2.08. The number of nitrogens with one attached hydrogen (secondary N) is 1. The molecule has 0 unspecified atom stereocenters. The summed E-state index contributed by atoms with van der Waals surface area (Å²) in [6.07, 6.45) is 0. The van der Waals surface area contributed by atoms with Crippen molar-refractivity contribution >= 4 is 38.5 Å². The molecule has 0 aliphatic carbocycles. The van der Waals surface area contributed by atoms with Crippen LogP contribution in [0.3, 0.4) is 0 Å². The highest BCUT2D eigenvalue weighted by atomic mass is 79.9. The monoisotopic (exact) mass is 300 g/mol. The smallest absolute Gasteiger partial charge is 0.161 e. The molecule has 1 heterocycles. The van der Waals surface area contributed by atoms with Crippen LogP contribution in [0.4, 0.5) is 5.69 Å². The maximum atomic E-state index is 5.27. The van der Waals surface area contributed by atoms with Gasteiger partial charge in [-0.05, 0) is 12.1 Å². The van der Waals surface area contributed by atoms with Crippen LogP contribution in [0.25, 0.3) is 0 Å². The molecule has 86 valence electrons. The predicted octanol–water partition coefficient (Wildman–Crippen LogP) is 2.97. The van der Waals surface area contributed by atoms with Crippen molar-refractivity contribution in [3.8, 4) is 5.75 Å². The summed E-state index contributed by atoms with van der Waals surface area (Å²) in [6, 6.07) is 7.86. The lowest BCUT2D eigenvalue weighted by Gasteiger charge is -2.10. The topological polar surface area (TPSA) is 33.6 Å². The zero-order valence-electron chi connectivity index (χ0n) is 8.94. The number of thioether (sulfide) groups is 1. The number of halogens is 1. The molecule has 0 saturated heterocycles. The molecule has 1 aromatic rings. The van der Waals surface area contributed by atoms with Gasteiger partial charge in [0.1, 0.15) is 5.75 Å². The first-order chi connectivity index (χ1) is 7.83. The van der Waals surface area contributed by atoms with Gasteiger partial charge in [-0.25, -0.2) is 0 Å². The van der Waals surface area contributed by atoms with Gasteiger partial charge in [0.25, 0.3) is 0 Å². The summed E-state index contributed by atoms with van der Waals surface area (Å²) >= 11 is 5.23. The van der Waals surface area contributed by atoms with Crippen molar-refractivity contribution in [2.24, 2.45) is 4.99 Å². The number of para-hydroxylation sites is 2. The van der Waals surface area contributed by atoms with Crippen LogP contribution in [0.1, 0.15) is 0 Å². The van der Waals surface area contributed by atoms with E-state index < -0.39 is 0 Å². The average molecular weight is 301 g/mol. The molecule has 1 N–H and O–H groups in total. The largest absolute Gasteiger partial charge is 0.495 e. The summed E-state index contributed by atoms with van der Waals surface area (Å²) in [7, 11) is 1.67. The number of anilines is 1. The predicted molar refractivity (Wildman–Crippen MR) is 74.1 cm³/mol. The fourth-order valence-electron chi connectivity index (χ4n) is 1.43. The zero-order chi connectivity index (χ0) is 11.4. The van der Waals surface area contributed by atoms with Crippen LogP contribution >= 0.6 is 27.7 Å². The van der Waals surface area contributed by atoms with E-state index in [1.165, 1.54) is 0 Å². The number of hydrogen-bond donors (Lipinski definition) is 1. The standard InChI is InChI=1S/C11H13BrN2OS/c1-15-10-5-3-2-4-9(10)14-11-13-7-8(6-12)16-11/h2-5,8H,6-7H2,1H3,(H,13,14)/t8-/m1/s1. The number of rotatable bonds is 3. The molecule has 0 bridgehead atoms. The third-order valence-corrected chi connectivity index (χ3v) is 4.55. The average Bonchev–Trinajstić information content (AvgIpc) is 2.77. The van der Waals surface area contributed by atoms with Crippen molar-refractivity contribution in [1.29, 1.82) is 0 Å². The number of hydrogen-bond acceptors (Lipinski definition) is 4. The molecule has 1 aromatic carbocycles. The van der Waals surface area contributed by atoms with Crippen LogP contribution in [0.5, 0.6) is 5.75 Å². The molecule has 2 rings (SSSR count). The van der Waals surface area contributed by atoms with E-state index in [0.717, 1.165) is 28.5 Å². The minimum Gasteiger partial charge on any atom is -0.495 e. The number of methoxy groups -OCH3 is 1. The van der Waals surface area contributed by atoms with Crippen LogP contribution in [0.2, 0.25) is 0 Å². The van der Waals surface area contributed by atoms with Gasteiger partial charge in [0, 0.05) is 10.6 Å². The molecular formula is C11H13BrN2OS. The Morgan fingerprint density at radius 2 is 2.38 bits per heavy atom. The molecule has 0 spiro atoms. The van der Waals surface area contributed by atoms with Gasteiger partial charge in [-0.3, -0.25) is 4.99 Å². The number of ether oxygens (including phenoxy) is 1. The Bertz CT molecular complexity index is 397. The van der Waals surface area contributed by atoms with Gasteiger partial charge in [-0.15, -0.1) is 0 Å². The summed E-state index contributed by atoms with van der Waals surface area (Å²) < 4.78 is 5.27. The SMILES string of the molecule is COc1ccccc1NC1=NC[C@@H](CBr)S1. The van der Waals surface area contributed by atoms with Crippen molar-refractivity contribution in [2.75, 3.05) is 24.3 Å². The van der Waals surface area contributed by atoms with E-state index in [1.807, 2.05) is 24.3 Å². The molecule has 1 aliphatic rings. The fourth-order valence-corrected chi connectivity index (χ4v) is 2.88. The van der Waals surface area contributed by atoms with Gasteiger partial charge < -0.3 is 10.1 Å². The number of benzene rings is 1. The van der Waals surface area contributed by atoms with Crippen molar-refractivity contribution in [2.45, 2.75) is 5.25 Å². The van der Waals surface area contributed by atoms with E-state index >= 15 is 0 Å². The van der Waals surface area contributed by atoms with Crippen LogP contribution in [0, 0.1) is 0 Å². The third kappa shape index (κ3) is 2.71. The second kappa shape index (κ2) is 5.59. The molecule has 0 radical (unpaired) electrons. The molecule has 0 aromatic heterocycles. The van der Waals surface area contributed by atoms with Gasteiger partial charge >= 0.3 is 0 Å². The van der Waals surface area contributed by atoms with Gasteiger partial charge in [0.2, 0.25) is 0 Å². The second-order valence-corrected chi connectivity index (χ2v) is 5.30. The fraction of sp³-hybridized carbons (Fsp3) is 0.364.